The van der Waals surface area contributed by atoms with Gasteiger partial charge >= 0.3 is 0 Å². The van der Waals surface area contributed by atoms with Gasteiger partial charge in [-0.1, -0.05) is 13.8 Å². The van der Waals surface area contributed by atoms with Crippen LogP contribution < -0.4 is 0 Å². The van der Waals surface area contributed by atoms with Gasteiger partial charge in [0.25, 0.3) is 0 Å². The van der Waals surface area contributed by atoms with Gasteiger partial charge in [0.15, 0.2) is 0 Å². The van der Waals surface area contributed by atoms with E-state index in [-0.39, 0.29) is 0 Å². The van der Waals surface area contributed by atoms with Crippen molar-refractivity contribution < 1.29 is 4.74 Å². The molecule has 56 valence electrons. The van der Waals surface area contributed by atoms with Crippen LogP contribution in [0, 0.1) is 0 Å². The molecule has 9 heavy (non-hydrogen) atoms. The highest BCUT2D eigenvalue weighted by Gasteiger charge is 1.77. The molecule has 0 bridgehead atoms. The van der Waals surface area contributed by atoms with E-state index in [0.717, 1.165) is 26.1 Å². The van der Waals surface area contributed by atoms with Crippen LogP contribution in [0.15, 0.2) is 13.2 Å². The Balaban J connectivity index is 0. The fourth-order valence-corrected chi connectivity index (χ4v) is 0.391. The molecule has 0 atom stereocenters. The van der Waals surface area contributed by atoms with Crippen LogP contribution in [0.2, 0.25) is 0 Å². The normalized spacial score (nSPS) is 7.78. The van der Waals surface area contributed by atoms with E-state index in [1.54, 1.807) is 0 Å². The zero-order valence-electron chi connectivity index (χ0n) is 6.65. The molecule has 0 spiro atoms. The minimum Gasteiger partial charge on any atom is -0.381 e. The largest absolute Gasteiger partial charge is 0.381 e. The van der Waals surface area contributed by atoms with E-state index >= 15 is 0 Å². The summed E-state index contributed by atoms with van der Waals surface area (Å²) in [6.07, 6.45) is 2.28. The SMILES string of the molecule is C=C.CCCOCCC. The molecule has 0 aliphatic heterocycles. The molecule has 0 saturated carbocycles. The summed E-state index contributed by atoms with van der Waals surface area (Å²) in [5.74, 6) is 0. The molecule has 0 saturated heterocycles. The Labute approximate surface area is 58.7 Å². The fraction of sp³-hybridized carbons (Fsp3) is 0.750. The van der Waals surface area contributed by atoms with Crippen molar-refractivity contribution in [2.45, 2.75) is 26.7 Å². The first-order chi connectivity index (χ1) is 4.41. The molecule has 0 amide bonds. The molecule has 0 aliphatic carbocycles. The quantitative estimate of drug-likeness (QED) is 0.420. The Morgan fingerprint density at radius 2 is 1.33 bits per heavy atom. The molecule has 0 aromatic heterocycles. The summed E-state index contributed by atoms with van der Waals surface area (Å²) in [7, 11) is 0. The number of ether oxygens (including phenoxy) is 1. The molecule has 0 rings (SSSR count). The third kappa shape index (κ3) is 18.3. The average Bonchev–Trinajstić information content (AvgIpc) is 1.94. The van der Waals surface area contributed by atoms with Gasteiger partial charge in [-0.05, 0) is 12.8 Å². The molecule has 0 aliphatic rings. The van der Waals surface area contributed by atoms with Gasteiger partial charge < -0.3 is 4.74 Å². The summed E-state index contributed by atoms with van der Waals surface area (Å²) >= 11 is 0. The van der Waals surface area contributed by atoms with Crippen molar-refractivity contribution in [3.63, 3.8) is 0 Å². The molecule has 0 fully saturated rings. The first-order valence-electron chi connectivity index (χ1n) is 3.49. The van der Waals surface area contributed by atoms with Crippen LogP contribution in [0.3, 0.4) is 0 Å². The zero-order chi connectivity index (χ0) is 7.54. The van der Waals surface area contributed by atoms with E-state index in [1.165, 1.54) is 0 Å². The lowest BCUT2D eigenvalue weighted by Gasteiger charge is -1.95. The third-order valence-electron chi connectivity index (χ3n) is 0.697. The highest BCUT2D eigenvalue weighted by Crippen LogP contribution is 1.81. The highest BCUT2D eigenvalue weighted by molar-refractivity contribution is 4.25. The minimum absolute atomic E-state index is 0.924. The lowest BCUT2D eigenvalue weighted by atomic mass is 10.5. The molecule has 0 aromatic rings. The summed E-state index contributed by atoms with van der Waals surface area (Å²) in [5, 5.41) is 0. The van der Waals surface area contributed by atoms with Crippen LogP contribution in [0.1, 0.15) is 26.7 Å². The Kier molecular flexibility index (Phi) is 20.0. The van der Waals surface area contributed by atoms with Crippen LogP contribution in [0.25, 0.3) is 0 Å². The summed E-state index contributed by atoms with van der Waals surface area (Å²) in [5.41, 5.74) is 0. The number of rotatable bonds is 4. The topological polar surface area (TPSA) is 9.23 Å². The van der Waals surface area contributed by atoms with Gasteiger partial charge in [0, 0.05) is 13.2 Å². The zero-order valence-corrected chi connectivity index (χ0v) is 6.65. The highest BCUT2D eigenvalue weighted by atomic mass is 16.5. The maximum absolute atomic E-state index is 5.13. The van der Waals surface area contributed by atoms with Crippen molar-refractivity contribution in [1.29, 1.82) is 0 Å². The monoisotopic (exact) mass is 130 g/mol. The second-order valence-corrected chi connectivity index (χ2v) is 1.61. The third-order valence-corrected chi connectivity index (χ3v) is 0.697. The van der Waals surface area contributed by atoms with Crippen molar-refractivity contribution in [3.8, 4) is 0 Å². The second-order valence-electron chi connectivity index (χ2n) is 1.61. The predicted octanol–water partition coefficient (Wildman–Crippen LogP) is 2.63. The second kappa shape index (κ2) is 15.6. The standard InChI is InChI=1S/C6H14O.C2H4/c1-3-5-7-6-4-2;1-2/h3-6H2,1-2H3;1-2H2. The van der Waals surface area contributed by atoms with E-state index in [4.69, 9.17) is 4.74 Å². The Bertz CT molecular complexity index is 31.5. The van der Waals surface area contributed by atoms with Gasteiger partial charge in [-0.3, -0.25) is 0 Å². The van der Waals surface area contributed by atoms with E-state index in [0.29, 0.717) is 0 Å². The van der Waals surface area contributed by atoms with Crippen LogP contribution in [-0.2, 0) is 4.74 Å². The van der Waals surface area contributed by atoms with Crippen molar-refractivity contribution in [2.24, 2.45) is 0 Å². The van der Waals surface area contributed by atoms with E-state index in [2.05, 4.69) is 27.0 Å². The molecule has 0 unspecified atom stereocenters. The van der Waals surface area contributed by atoms with Crippen LogP contribution in [-0.4, -0.2) is 13.2 Å². The van der Waals surface area contributed by atoms with Gasteiger partial charge in [-0.2, -0.15) is 0 Å². The van der Waals surface area contributed by atoms with Crippen LogP contribution in [0.5, 0.6) is 0 Å². The fourth-order valence-electron chi connectivity index (χ4n) is 0.391. The Hall–Kier alpha value is -0.300. The van der Waals surface area contributed by atoms with Crippen molar-refractivity contribution in [3.05, 3.63) is 13.2 Å². The molecular formula is C8H18O. The maximum Gasteiger partial charge on any atom is 0.0463 e. The van der Waals surface area contributed by atoms with E-state index in [1.807, 2.05) is 0 Å². The average molecular weight is 130 g/mol. The Morgan fingerprint density at radius 3 is 1.56 bits per heavy atom. The molecule has 0 aromatic carbocycles. The first kappa shape index (κ1) is 11.5. The van der Waals surface area contributed by atoms with Gasteiger partial charge in [0.05, 0.1) is 0 Å². The maximum atomic E-state index is 5.13. The molecule has 1 nitrogen and oxygen atoms in total. The van der Waals surface area contributed by atoms with Gasteiger partial charge in [0.1, 0.15) is 0 Å². The van der Waals surface area contributed by atoms with Crippen molar-refractivity contribution >= 4 is 0 Å². The summed E-state index contributed by atoms with van der Waals surface area (Å²) in [6.45, 7) is 12.1. The van der Waals surface area contributed by atoms with Crippen LogP contribution >= 0.6 is 0 Å². The van der Waals surface area contributed by atoms with Gasteiger partial charge in [0.2, 0.25) is 0 Å². The van der Waals surface area contributed by atoms with Gasteiger partial charge in [-0.25, -0.2) is 0 Å². The lowest BCUT2D eigenvalue weighted by Crippen LogP contribution is -1.92. The molecule has 0 radical (unpaired) electrons. The van der Waals surface area contributed by atoms with E-state index in [9.17, 15) is 0 Å². The lowest BCUT2D eigenvalue weighted by molar-refractivity contribution is 0.135. The number of hydrogen-bond donors (Lipinski definition) is 0. The van der Waals surface area contributed by atoms with Crippen molar-refractivity contribution in [2.75, 3.05) is 13.2 Å². The minimum atomic E-state index is 0.924. The number of hydrogen-bond acceptors (Lipinski definition) is 1. The van der Waals surface area contributed by atoms with E-state index < -0.39 is 0 Å². The van der Waals surface area contributed by atoms with Gasteiger partial charge in [-0.15, -0.1) is 13.2 Å². The molecular weight excluding hydrogens is 112 g/mol. The molecule has 0 N–H and O–H groups in total. The molecule has 0 heterocycles. The Morgan fingerprint density at radius 1 is 1.00 bits per heavy atom. The smallest absolute Gasteiger partial charge is 0.0463 e. The first-order valence-corrected chi connectivity index (χ1v) is 3.49. The summed E-state index contributed by atoms with van der Waals surface area (Å²) in [4.78, 5) is 0. The molecule has 1 heteroatoms. The predicted molar refractivity (Wildman–Crippen MR) is 42.7 cm³/mol. The summed E-state index contributed by atoms with van der Waals surface area (Å²) in [6, 6.07) is 0. The van der Waals surface area contributed by atoms with Crippen molar-refractivity contribution in [1.82, 2.24) is 0 Å². The van der Waals surface area contributed by atoms with Crippen LogP contribution in [0.4, 0.5) is 0 Å². The summed E-state index contributed by atoms with van der Waals surface area (Å²) < 4.78 is 5.13.